The molecule has 3 saturated heterocycles. The van der Waals surface area contributed by atoms with Crippen LogP contribution in [-0.4, -0.2) is 30.6 Å². The first-order valence-electron chi connectivity index (χ1n) is 4.81. The summed E-state index contributed by atoms with van der Waals surface area (Å²) in [6.07, 6.45) is 2.85. The summed E-state index contributed by atoms with van der Waals surface area (Å²) in [6.45, 7) is 3.97. The highest BCUT2D eigenvalue weighted by atomic mass is 15.2. The molecule has 4 fully saturated rings. The Bertz CT molecular complexity index is 150. The number of rotatable bonds is 0. The molecule has 0 spiro atoms. The van der Waals surface area contributed by atoms with Gasteiger partial charge in [-0.25, -0.2) is 0 Å². The van der Waals surface area contributed by atoms with Gasteiger partial charge in [0.2, 0.25) is 0 Å². The van der Waals surface area contributed by atoms with Crippen LogP contribution in [0.5, 0.6) is 0 Å². The topological polar surface area (TPSA) is 29.3 Å². The summed E-state index contributed by atoms with van der Waals surface area (Å²) >= 11 is 0. The molecule has 3 heterocycles. The second-order valence-electron chi connectivity index (χ2n) is 4.65. The van der Waals surface area contributed by atoms with Gasteiger partial charge in [0.25, 0.3) is 0 Å². The molecule has 0 radical (unpaired) electrons. The minimum atomic E-state index is 0.544. The first-order valence-corrected chi connectivity index (χ1v) is 4.81. The molecule has 2 heteroatoms. The second kappa shape index (κ2) is 1.99. The maximum Gasteiger partial charge on any atom is 0.0120 e. The van der Waals surface area contributed by atoms with Crippen molar-refractivity contribution >= 4 is 0 Å². The Labute approximate surface area is 67.7 Å². The Balaban J connectivity index is 1.91. The van der Waals surface area contributed by atoms with E-state index in [1.54, 1.807) is 0 Å². The summed E-state index contributed by atoms with van der Waals surface area (Å²) in [7, 11) is 0. The zero-order chi connectivity index (χ0) is 7.42. The average Bonchev–Trinajstić information content (AvgIpc) is 1.98. The number of nitrogens with two attached hydrogens (primary N) is 1. The zero-order valence-electron chi connectivity index (χ0n) is 6.87. The van der Waals surface area contributed by atoms with Crippen molar-refractivity contribution in [3.05, 3.63) is 0 Å². The van der Waals surface area contributed by atoms with Crippen LogP contribution in [-0.2, 0) is 0 Å². The van der Waals surface area contributed by atoms with Crippen LogP contribution in [0.3, 0.4) is 0 Å². The van der Waals surface area contributed by atoms with Gasteiger partial charge in [0.1, 0.15) is 0 Å². The molecule has 0 aromatic rings. The maximum absolute atomic E-state index is 6.14. The molecule has 2 nitrogen and oxygen atoms in total. The zero-order valence-corrected chi connectivity index (χ0v) is 6.87. The Hall–Kier alpha value is -0.0800. The minimum absolute atomic E-state index is 0.544. The maximum atomic E-state index is 6.14. The van der Waals surface area contributed by atoms with Gasteiger partial charge in [-0.15, -0.1) is 0 Å². The molecule has 2 unspecified atom stereocenters. The fraction of sp³-hybridized carbons (Fsp3) is 1.00. The first-order chi connectivity index (χ1) is 5.33. The average molecular weight is 152 g/mol. The molecule has 2 N–H and O–H groups in total. The Morgan fingerprint density at radius 3 is 2.18 bits per heavy atom. The predicted molar refractivity (Wildman–Crippen MR) is 44.1 cm³/mol. The molecule has 5 atom stereocenters. The molecule has 11 heavy (non-hydrogen) atoms. The van der Waals surface area contributed by atoms with Crippen LogP contribution in [0.1, 0.15) is 12.8 Å². The lowest BCUT2D eigenvalue weighted by Crippen LogP contribution is -2.62. The van der Waals surface area contributed by atoms with E-state index in [4.69, 9.17) is 5.73 Å². The smallest absolute Gasteiger partial charge is 0.0120 e. The van der Waals surface area contributed by atoms with Crippen molar-refractivity contribution in [1.29, 1.82) is 0 Å². The van der Waals surface area contributed by atoms with Gasteiger partial charge in [-0.3, -0.25) is 0 Å². The lowest BCUT2D eigenvalue weighted by Gasteiger charge is -2.54. The van der Waals surface area contributed by atoms with E-state index >= 15 is 0 Å². The Morgan fingerprint density at radius 1 is 1.00 bits per heavy atom. The molecule has 1 saturated carbocycles. The van der Waals surface area contributed by atoms with E-state index in [9.17, 15) is 0 Å². The number of piperidine rings is 3. The van der Waals surface area contributed by atoms with Crippen LogP contribution in [0.15, 0.2) is 0 Å². The number of nitrogens with zero attached hydrogens (tertiary/aromatic N) is 1. The number of hydrogen-bond acceptors (Lipinski definition) is 2. The van der Waals surface area contributed by atoms with Crippen molar-refractivity contribution in [3.63, 3.8) is 0 Å². The van der Waals surface area contributed by atoms with E-state index in [0.717, 1.165) is 17.8 Å². The predicted octanol–water partition coefficient (Wildman–Crippen LogP) is 0.285. The molecule has 0 aromatic carbocycles. The second-order valence-corrected chi connectivity index (χ2v) is 4.65. The van der Waals surface area contributed by atoms with Crippen LogP contribution in [0.2, 0.25) is 0 Å². The van der Waals surface area contributed by atoms with Gasteiger partial charge >= 0.3 is 0 Å². The highest BCUT2D eigenvalue weighted by Crippen LogP contribution is 2.42. The molecule has 62 valence electrons. The molecule has 4 aliphatic rings. The van der Waals surface area contributed by atoms with Gasteiger partial charge in [-0.1, -0.05) is 0 Å². The van der Waals surface area contributed by atoms with Crippen LogP contribution in [0, 0.1) is 17.8 Å². The van der Waals surface area contributed by atoms with E-state index in [2.05, 4.69) is 4.90 Å². The van der Waals surface area contributed by atoms with E-state index < -0.39 is 0 Å². The largest absolute Gasteiger partial charge is 0.327 e. The lowest BCUT2D eigenvalue weighted by molar-refractivity contribution is -0.0328. The summed E-state index contributed by atoms with van der Waals surface area (Å²) < 4.78 is 0. The third kappa shape index (κ3) is 0.798. The van der Waals surface area contributed by atoms with E-state index in [-0.39, 0.29) is 0 Å². The van der Waals surface area contributed by atoms with E-state index in [1.165, 1.54) is 32.5 Å². The Kier molecular flexibility index (Phi) is 1.16. The SMILES string of the molecule is NC1[C@@H]2C[C@H]3C[C@H]1CN(C3)C2. The molecular weight excluding hydrogens is 136 g/mol. The van der Waals surface area contributed by atoms with Crippen molar-refractivity contribution < 1.29 is 0 Å². The standard InChI is InChI=1S/C9H16N2/c10-9-7-1-6-2-8(9)5-11(3-6)4-7/h6-9H,1-5,10H2/t6-,7+,8-,9?. The van der Waals surface area contributed by atoms with Crippen molar-refractivity contribution in [1.82, 2.24) is 4.90 Å². The molecule has 3 aliphatic heterocycles. The number of hydrogen-bond donors (Lipinski definition) is 1. The van der Waals surface area contributed by atoms with Gasteiger partial charge in [0.15, 0.2) is 0 Å². The highest BCUT2D eigenvalue weighted by molar-refractivity contribution is 5.00. The first kappa shape index (κ1) is 6.44. The molecular formula is C9H16N2. The summed E-state index contributed by atoms with van der Waals surface area (Å²) in [5.74, 6) is 2.70. The van der Waals surface area contributed by atoms with Crippen molar-refractivity contribution in [2.75, 3.05) is 19.6 Å². The van der Waals surface area contributed by atoms with Crippen LogP contribution < -0.4 is 5.73 Å². The fourth-order valence-electron chi connectivity index (χ4n) is 3.45. The molecule has 4 rings (SSSR count). The summed E-state index contributed by atoms with van der Waals surface area (Å²) in [5.41, 5.74) is 6.14. The summed E-state index contributed by atoms with van der Waals surface area (Å²) in [5, 5.41) is 0. The summed E-state index contributed by atoms with van der Waals surface area (Å²) in [6, 6.07) is 0.544. The van der Waals surface area contributed by atoms with E-state index in [1.807, 2.05) is 0 Å². The summed E-state index contributed by atoms with van der Waals surface area (Å²) in [4.78, 5) is 2.62. The molecule has 4 bridgehead atoms. The van der Waals surface area contributed by atoms with Gasteiger partial charge in [-0.05, 0) is 30.6 Å². The normalized spacial score (nSPS) is 60.3. The van der Waals surface area contributed by atoms with Gasteiger partial charge in [0.05, 0.1) is 0 Å². The molecule has 0 amide bonds. The van der Waals surface area contributed by atoms with Gasteiger partial charge in [0, 0.05) is 25.7 Å². The fourth-order valence-corrected chi connectivity index (χ4v) is 3.45. The highest BCUT2D eigenvalue weighted by Gasteiger charge is 2.45. The van der Waals surface area contributed by atoms with Crippen molar-refractivity contribution in [2.24, 2.45) is 23.5 Å². The van der Waals surface area contributed by atoms with Crippen LogP contribution >= 0.6 is 0 Å². The lowest BCUT2D eigenvalue weighted by atomic mass is 9.65. The third-order valence-electron chi connectivity index (χ3n) is 3.86. The van der Waals surface area contributed by atoms with Gasteiger partial charge < -0.3 is 10.6 Å². The van der Waals surface area contributed by atoms with E-state index in [0.29, 0.717) is 6.04 Å². The van der Waals surface area contributed by atoms with Crippen molar-refractivity contribution in [3.8, 4) is 0 Å². The van der Waals surface area contributed by atoms with Gasteiger partial charge in [-0.2, -0.15) is 0 Å². The van der Waals surface area contributed by atoms with Crippen molar-refractivity contribution in [2.45, 2.75) is 18.9 Å². The minimum Gasteiger partial charge on any atom is -0.327 e. The monoisotopic (exact) mass is 152 g/mol. The Morgan fingerprint density at radius 2 is 1.64 bits per heavy atom. The third-order valence-corrected chi connectivity index (χ3v) is 3.86. The van der Waals surface area contributed by atoms with Crippen LogP contribution in [0.4, 0.5) is 0 Å². The molecule has 0 aromatic heterocycles. The van der Waals surface area contributed by atoms with Crippen LogP contribution in [0.25, 0.3) is 0 Å². The molecule has 1 aliphatic carbocycles. The quantitative estimate of drug-likeness (QED) is 0.540.